The molecule has 0 bridgehead atoms. The van der Waals surface area contributed by atoms with E-state index in [1.807, 2.05) is 47.5 Å². The summed E-state index contributed by atoms with van der Waals surface area (Å²) in [5.41, 5.74) is 12.8. The number of fused-ring (bicyclic) bond motifs is 1. The number of hydrazine groups is 1. The van der Waals surface area contributed by atoms with Gasteiger partial charge in [-0.2, -0.15) is 0 Å². The standard InChI is InChI=1S/C28H28N8.ClH/c29-26-23(7-4-14-31-26)27-33-25-13-12-24(21-5-2-1-3-6-21)32-28(25)36(27)22-10-8-20(9-11-22)19-34-15-17-35(30)18-16-34;/h1-14H,15-19,30H2,(H2,29,31);1H. The highest BCUT2D eigenvalue weighted by Gasteiger charge is 2.19. The summed E-state index contributed by atoms with van der Waals surface area (Å²) >= 11 is 0. The van der Waals surface area contributed by atoms with Gasteiger partial charge in [-0.1, -0.05) is 42.5 Å². The van der Waals surface area contributed by atoms with E-state index in [-0.39, 0.29) is 12.4 Å². The fraction of sp³-hybridized carbons (Fsp3) is 0.179. The molecule has 4 N–H and O–H groups in total. The predicted octanol–water partition coefficient (Wildman–Crippen LogP) is 4.14. The van der Waals surface area contributed by atoms with Gasteiger partial charge in [-0.25, -0.2) is 20.0 Å². The van der Waals surface area contributed by atoms with Crippen molar-refractivity contribution in [1.29, 1.82) is 0 Å². The molecule has 0 unspecified atom stereocenters. The molecule has 4 heterocycles. The molecule has 3 aromatic heterocycles. The van der Waals surface area contributed by atoms with E-state index in [0.29, 0.717) is 5.82 Å². The van der Waals surface area contributed by atoms with Gasteiger partial charge in [0.05, 0.1) is 11.3 Å². The van der Waals surface area contributed by atoms with Crippen molar-refractivity contribution in [1.82, 2.24) is 29.4 Å². The maximum atomic E-state index is 6.28. The first-order valence-corrected chi connectivity index (χ1v) is 12.1. The lowest BCUT2D eigenvalue weighted by Crippen LogP contribution is -2.48. The maximum absolute atomic E-state index is 6.28. The number of nitrogens with two attached hydrogens (primary N) is 2. The Labute approximate surface area is 222 Å². The van der Waals surface area contributed by atoms with E-state index in [2.05, 4.69) is 50.8 Å². The van der Waals surface area contributed by atoms with Crippen LogP contribution in [0.3, 0.4) is 0 Å². The smallest absolute Gasteiger partial charge is 0.165 e. The minimum Gasteiger partial charge on any atom is -0.383 e. The number of piperazine rings is 1. The first-order chi connectivity index (χ1) is 17.7. The van der Waals surface area contributed by atoms with Gasteiger partial charge in [0.1, 0.15) is 11.3 Å². The number of anilines is 1. The lowest BCUT2D eigenvalue weighted by Gasteiger charge is -2.31. The maximum Gasteiger partial charge on any atom is 0.165 e. The van der Waals surface area contributed by atoms with Gasteiger partial charge in [0.25, 0.3) is 0 Å². The second kappa shape index (κ2) is 10.7. The summed E-state index contributed by atoms with van der Waals surface area (Å²) in [5, 5.41) is 1.88. The fourth-order valence-corrected chi connectivity index (χ4v) is 4.69. The molecule has 1 aliphatic heterocycles. The number of hydrogen-bond acceptors (Lipinski definition) is 7. The first-order valence-electron chi connectivity index (χ1n) is 12.1. The van der Waals surface area contributed by atoms with Crippen LogP contribution in [0.2, 0.25) is 0 Å². The van der Waals surface area contributed by atoms with Gasteiger partial charge >= 0.3 is 0 Å². The number of hydrogen-bond donors (Lipinski definition) is 2. The Morgan fingerprint density at radius 1 is 0.784 bits per heavy atom. The fourth-order valence-electron chi connectivity index (χ4n) is 4.69. The Morgan fingerprint density at radius 3 is 2.27 bits per heavy atom. The van der Waals surface area contributed by atoms with Crippen molar-refractivity contribution in [3.8, 4) is 28.3 Å². The van der Waals surface area contributed by atoms with E-state index < -0.39 is 0 Å². The molecule has 0 amide bonds. The van der Waals surface area contributed by atoms with Crippen molar-refractivity contribution < 1.29 is 0 Å². The molecule has 1 aliphatic rings. The largest absolute Gasteiger partial charge is 0.383 e. The van der Waals surface area contributed by atoms with Crippen LogP contribution in [0.5, 0.6) is 0 Å². The van der Waals surface area contributed by atoms with Crippen molar-refractivity contribution in [3.05, 3.63) is 90.6 Å². The van der Waals surface area contributed by atoms with Crippen LogP contribution in [0, 0.1) is 0 Å². The Kier molecular flexibility index (Phi) is 7.16. The number of rotatable bonds is 5. The summed E-state index contributed by atoms with van der Waals surface area (Å²) in [6.45, 7) is 4.63. The van der Waals surface area contributed by atoms with Gasteiger partial charge in [-0.05, 0) is 42.0 Å². The second-order valence-electron chi connectivity index (χ2n) is 9.09. The van der Waals surface area contributed by atoms with Crippen LogP contribution in [0.15, 0.2) is 85.1 Å². The molecule has 1 saturated heterocycles. The molecule has 8 nitrogen and oxygen atoms in total. The second-order valence-corrected chi connectivity index (χ2v) is 9.09. The Hall–Kier alpha value is -3.82. The molecule has 0 saturated carbocycles. The Bertz CT molecular complexity index is 1490. The van der Waals surface area contributed by atoms with Crippen LogP contribution in [0.25, 0.3) is 39.5 Å². The summed E-state index contributed by atoms with van der Waals surface area (Å²) in [6, 6.07) is 26.6. The summed E-state index contributed by atoms with van der Waals surface area (Å²) in [7, 11) is 0. The highest BCUT2D eigenvalue weighted by molar-refractivity contribution is 5.85. The van der Waals surface area contributed by atoms with Crippen molar-refractivity contribution in [2.75, 3.05) is 31.9 Å². The van der Waals surface area contributed by atoms with Gasteiger partial charge in [0.15, 0.2) is 11.5 Å². The first kappa shape index (κ1) is 24.9. The molecule has 0 aliphatic carbocycles. The van der Waals surface area contributed by atoms with Crippen molar-refractivity contribution in [2.24, 2.45) is 5.84 Å². The van der Waals surface area contributed by atoms with E-state index in [4.69, 9.17) is 21.5 Å². The highest BCUT2D eigenvalue weighted by Crippen LogP contribution is 2.31. The van der Waals surface area contributed by atoms with Gasteiger partial charge in [-0.3, -0.25) is 15.3 Å². The van der Waals surface area contributed by atoms with Gasteiger partial charge in [0, 0.05) is 50.2 Å². The summed E-state index contributed by atoms with van der Waals surface area (Å²) in [6.07, 6.45) is 1.69. The van der Waals surface area contributed by atoms with Crippen molar-refractivity contribution in [2.45, 2.75) is 6.54 Å². The van der Waals surface area contributed by atoms with E-state index in [1.54, 1.807) is 6.20 Å². The zero-order valence-electron chi connectivity index (χ0n) is 20.4. The molecule has 6 rings (SSSR count). The Morgan fingerprint density at radius 2 is 1.54 bits per heavy atom. The number of nitrogens with zero attached hydrogens (tertiary/aromatic N) is 6. The van der Waals surface area contributed by atoms with Gasteiger partial charge < -0.3 is 5.73 Å². The Balaban J connectivity index is 0.00000280. The third kappa shape index (κ3) is 5.05. The van der Waals surface area contributed by atoms with E-state index in [1.165, 1.54) is 5.56 Å². The molecule has 1 fully saturated rings. The molecule has 2 aromatic carbocycles. The molecule has 0 spiro atoms. The molecule has 37 heavy (non-hydrogen) atoms. The number of imidazole rings is 1. The lowest BCUT2D eigenvalue weighted by molar-refractivity contribution is 0.128. The highest BCUT2D eigenvalue weighted by atomic mass is 35.5. The van der Waals surface area contributed by atoms with Crippen LogP contribution in [0.4, 0.5) is 5.82 Å². The van der Waals surface area contributed by atoms with Crippen LogP contribution in [-0.2, 0) is 6.54 Å². The molecular formula is C28H29ClN8. The molecule has 5 aromatic rings. The van der Waals surface area contributed by atoms with Crippen molar-refractivity contribution >= 4 is 29.4 Å². The minimum atomic E-state index is 0. The van der Waals surface area contributed by atoms with Crippen LogP contribution < -0.4 is 11.6 Å². The zero-order chi connectivity index (χ0) is 24.5. The predicted molar refractivity (Wildman–Crippen MR) is 150 cm³/mol. The average molecular weight is 513 g/mol. The van der Waals surface area contributed by atoms with Gasteiger partial charge in [-0.15, -0.1) is 12.4 Å². The average Bonchev–Trinajstić information content (AvgIpc) is 3.30. The lowest BCUT2D eigenvalue weighted by atomic mass is 10.1. The molecule has 0 atom stereocenters. The third-order valence-electron chi connectivity index (χ3n) is 6.66. The van der Waals surface area contributed by atoms with E-state index >= 15 is 0 Å². The normalized spacial score (nSPS) is 14.5. The zero-order valence-corrected chi connectivity index (χ0v) is 21.2. The topological polar surface area (TPSA) is 102 Å². The minimum absolute atomic E-state index is 0. The number of pyridine rings is 2. The van der Waals surface area contributed by atoms with E-state index in [9.17, 15) is 0 Å². The monoisotopic (exact) mass is 512 g/mol. The summed E-state index contributed by atoms with van der Waals surface area (Å²) in [5.74, 6) is 7.07. The summed E-state index contributed by atoms with van der Waals surface area (Å²) in [4.78, 5) is 16.7. The number of halogens is 1. The van der Waals surface area contributed by atoms with Crippen molar-refractivity contribution in [3.63, 3.8) is 0 Å². The van der Waals surface area contributed by atoms with E-state index in [0.717, 1.165) is 72.2 Å². The molecular weight excluding hydrogens is 484 g/mol. The van der Waals surface area contributed by atoms with Crippen LogP contribution in [-0.4, -0.2) is 55.6 Å². The number of benzene rings is 2. The number of aromatic nitrogens is 4. The molecule has 9 heteroatoms. The SMILES string of the molecule is Cl.Nc1ncccc1-c1nc2ccc(-c3ccccc3)nc2n1-c1ccc(CN2CCN(N)CC2)cc1. The molecule has 0 radical (unpaired) electrons. The van der Waals surface area contributed by atoms with Gasteiger partial charge in [0.2, 0.25) is 0 Å². The molecule has 188 valence electrons. The quantitative estimate of drug-likeness (QED) is 0.341. The number of nitrogen functional groups attached to an aromatic ring is 1. The van der Waals surface area contributed by atoms with Crippen LogP contribution >= 0.6 is 12.4 Å². The van der Waals surface area contributed by atoms with Crippen LogP contribution in [0.1, 0.15) is 5.56 Å². The third-order valence-corrected chi connectivity index (χ3v) is 6.66. The summed E-state index contributed by atoms with van der Waals surface area (Å²) < 4.78 is 2.08.